The van der Waals surface area contributed by atoms with Gasteiger partial charge in [-0.3, -0.25) is 0 Å². The van der Waals surface area contributed by atoms with Crippen LogP contribution in [0.3, 0.4) is 0 Å². The molecule has 0 bridgehead atoms. The topological polar surface area (TPSA) is 29.0 Å². The van der Waals surface area contributed by atoms with E-state index in [9.17, 15) is 0 Å². The highest BCUT2D eigenvalue weighted by atomic mass is 35.5. The van der Waals surface area contributed by atoms with Gasteiger partial charge in [-0.1, -0.05) is 20.8 Å². The van der Waals surface area contributed by atoms with E-state index in [1.54, 1.807) is 0 Å². The first kappa shape index (κ1) is 11.2. The van der Waals surface area contributed by atoms with Crippen LogP contribution in [0.15, 0.2) is 6.07 Å². The van der Waals surface area contributed by atoms with Gasteiger partial charge in [-0.2, -0.15) is 0 Å². The molecule has 78 valence electrons. The standard InChI is InChI=1S/C10H16ClN3/c1-10(2,3)7-6-8(14(4)5)13-9(11)12-7/h6H,1-5H3. The van der Waals surface area contributed by atoms with E-state index in [2.05, 4.69) is 30.7 Å². The van der Waals surface area contributed by atoms with Crippen LogP contribution in [0.25, 0.3) is 0 Å². The van der Waals surface area contributed by atoms with Gasteiger partial charge in [0.2, 0.25) is 5.28 Å². The van der Waals surface area contributed by atoms with Gasteiger partial charge in [0.05, 0.1) is 5.69 Å². The predicted molar refractivity (Wildman–Crippen MR) is 60.1 cm³/mol. The summed E-state index contributed by atoms with van der Waals surface area (Å²) in [6, 6.07) is 1.96. The van der Waals surface area contributed by atoms with E-state index in [0.717, 1.165) is 11.5 Å². The van der Waals surface area contributed by atoms with Crippen LogP contribution in [-0.4, -0.2) is 24.1 Å². The van der Waals surface area contributed by atoms with Crippen molar-refractivity contribution in [2.75, 3.05) is 19.0 Å². The van der Waals surface area contributed by atoms with Gasteiger partial charge in [-0.05, 0) is 11.6 Å². The molecule has 0 aromatic carbocycles. The second-order valence-corrected chi connectivity index (χ2v) is 4.86. The molecule has 0 spiro atoms. The number of nitrogens with zero attached hydrogens (tertiary/aromatic N) is 3. The summed E-state index contributed by atoms with van der Waals surface area (Å²) in [6.07, 6.45) is 0. The Bertz CT molecular complexity index is 329. The van der Waals surface area contributed by atoms with Crippen molar-refractivity contribution in [2.24, 2.45) is 0 Å². The first-order valence-electron chi connectivity index (χ1n) is 4.53. The first-order chi connectivity index (χ1) is 6.30. The lowest BCUT2D eigenvalue weighted by Gasteiger charge is -2.20. The second kappa shape index (κ2) is 3.73. The lowest BCUT2D eigenvalue weighted by atomic mass is 9.92. The van der Waals surface area contributed by atoms with Gasteiger partial charge in [0.15, 0.2) is 0 Å². The van der Waals surface area contributed by atoms with Crippen molar-refractivity contribution in [3.8, 4) is 0 Å². The minimum absolute atomic E-state index is 0.00264. The Kier molecular flexibility index (Phi) is 3.00. The highest BCUT2D eigenvalue weighted by molar-refractivity contribution is 6.28. The summed E-state index contributed by atoms with van der Waals surface area (Å²) in [5.41, 5.74) is 0.957. The van der Waals surface area contributed by atoms with Crippen molar-refractivity contribution >= 4 is 17.4 Å². The van der Waals surface area contributed by atoms with Crippen molar-refractivity contribution < 1.29 is 0 Å². The zero-order chi connectivity index (χ0) is 10.9. The van der Waals surface area contributed by atoms with Crippen LogP contribution in [0, 0.1) is 0 Å². The van der Waals surface area contributed by atoms with Crippen LogP contribution >= 0.6 is 11.6 Å². The summed E-state index contributed by atoms with van der Waals surface area (Å²) in [5, 5.41) is 0.307. The molecule has 0 aliphatic carbocycles. The number of halogens is 1. The average molecular weight is 214 g/mol. The molecular formula is C10H16ClN3. The normalized spacial score (nSPS) is 11.6. The Morgan fingerprint density at radius 1 is 1.21 bits per heavy atom. The molecule has 14 heavy (non-hydrogen) atoms. The van der Waals surface area contributed by atoms with E-state index in [-0.39, 0.29) is 5.41 Å². The van der Waals surface area contributed by atoms with Crippen molar-refractivity contribution in [3.63, 3.8) is 0 Å². The smallest absolute Gasteiger partial charge is 0.224 e. The lowest BCUT2D eigenvalue weighted by Crippen LogP contribution is -2.17. The third-order valence-electron chi connectivity index (χ3n) is 1.91. The third-order valence-corrected chi connectivity index (χ3v) is 2.08. The molecule has 0 aliphatic heterocycles. The Morgan fingerprint density at radius 2 is 1.79 bits per heavy atom. The summed E-state index contributed by atoms with van der Waals surface area (Å²) in [7, 11) is 3.87. The average Bonchev–Trinajstić information content (AvgIpc) is 2.01. The molecule has 0 radical (unpaired) electrons. The molecule has 1 aromatic heterocycles. The zero-order valence-corrected chi connectivity index (χ0v) is 10.1. The van der Waals surface area contributed by atoms with Crippen molar-refractivity contribution in [2.45, 2.75) is 26.2 Å². The van der Waals surface area contributed by atoms with Crippen LogP contribution in [-0.2, 0) is 5.41 Å². The molecule has 0 saturated carbocycles. The van der Waals surface area contributed by atoms with Gasteiger partial charge >= 0.3 is 0 Å². The quantitative estimate of drug-likeness (QED) is 0.672. The second-order valence-electron chi connectivity index (χ2n) is 4.52. The van der Waals surface area contributed by atoms with E-state index in [1.807, 2.05) is 25.1 Å². The van der Waals surface area contributed by atoms with Gasteiger partial charge in [0, 0.05) is 25.6 Å². The minimum atomic E-state index is -0.00264. The van der Waals surface area contributed by atoms with Crippen LogP contribution in [0.2, 0.25) is 5.28 Å². The van der Waals surface area contributed by atoms with Crippen molar-refractivity contribution in [1.82, 2.24) is 9.97 Å². The van der Waals surface area contributed by atoms with Crippen LogP contribution in [0.1, 0.15) is 26.5 Å². The fourth-order valence-electron chi connectivity index (χ4n) is 1.02. The summed E-state index contributed by atoms with van der Waals surface area (Å²) in [5.74, 6) is 0.843. The number of aromatic nitrogens is 2. The van der Waals surface area contributed by atoms with E-state index in [1.165, 1.54) is 0 Å². The SMILES string of the molecule is CN(C)c1cc(C(C)(C)C)nc(Cl)n1. The maximum absolute atomic E-state index is 5.85. The Morgan fingerprint density at radius 3 is 2.21 bits per heavy atom. The molecule has 1 heterocycles. The molecule has 0 saturated heterocycles. The Balaban J connectivity index is 3.21. The molecular weight excluding hydrogens is 198 g/mol. The molecule has 0 aliphatic rings. The van der Waals surface area contributed by atoms with Crippen molar-refractivity contribution in [3.05, 3.63) is 17.0 Å². The van der Waals surface area contributed by atoms with E-state index in [4.69, 9.17) is 11.6 Å². The molecule has 0 fully saturated rings. The lowest BCUT2D eigenvalue weighted by molar-refractivity contribution is 0.567. The van der Waals surface area contributed by atoms with Crippen LogP contribution < -0.4 is 4.90 Å². The Hall–Kier alpha value is -0.830. The maximum Gasteiger partial charge on any atom is 0.224 e. The number of hydrogen-bond donors (Lipinski definition) is 0. The summed E-state index contributed by atoms with van der Waals surface area (Å²) >= 11 is 5.85. The van der Waals surface area contributed by atoms with E-state index in [0.29, 0.717) is 5.28 Å². The highest BCUT2D eigenvalue weighted by Gasteiger charge is 2.17. The molecule has 4 heteroatoms. The van der Waals surface area contributed by atoms with Crippen LogP contribution in [0.5, 0.6) is 0 Å². The van der Waals surface area contributed by atoms with Crippen LogP contribution in [0.4, 0.5) is 5.82 Å². The monoisotopic (exact) mass is 213 g/mol. The van der Waals surface area contributed by atoms with E-state index < -0.39 is 0 Å². The molecule has 0 unspecified atom stereocenters. The van der Waals surface area contributed by atoms with E-state index >= 15 is 0 Å². The molecule has 1 aromatic rings. The highest BCUT2D eigenvalue weighted by Crippen LogP contribution is 2.24. The minimum Gasteiger partial charge on any atom is -0.363 e. The van der Waals surface area contributed by atoms with Crippen molar-refractivity contribution in [1.29, 1.82) is 0 Å². The third kappa shape index (κ3) is 2.58. The van der Waals surface area contributed by atoms with Gasteiger partial charge in [0.25, 0.3) is 0 Å². The summed E-state index contributed by atoms with van der Waals surface area (Å²) in [4.78, 5) is 10.3. The summed E-state index contributed by atoms with van der Waals surface area (Å²) < 4.78 is 0. The maximum atomic E-state index is 5.85. The zero-order valence-electron chi connectivity index (χ0n) is 9.30. The fourth-order valence-corrected chi connectivity index (χ4v) is 1.20. The summed E-state index contributed by atoms with van der Waals surface area (Å²) in [6.45, 7) is 6.31. The Labute approximate surface area is 90.1 Å². The molecule has 1 rings (SSSR count). The molecule has 0 atom stereocenters. The van der Waals surface area contributed by atoms with Gasteiger partial charge in [-0.25, -0.2) is 9.97 Å². The first-order valence-corrected chi connectivity index (χ1v) is 4.91. The number of hydrogen-bond acceptors (Lipinski definition) is 3. The molecule has 0 N–H and O–H groups in total. The van der Waals surface area contributed by atoms with Gasteiger partial charge in [0.1, 0.15) is 5.82 Å². The largest absolute Gasteiger partial charge is 0.363 e. The van der Waals surface area contributed by atoms with Gasteiger partial charge in [-0.15, -0.1) is 0 Å². The van der Waals surface area contributed by atoms with Gasteiger partial charge < -0.3 is 4.90 Å². The number of anilines is 1. The molecule has 3 nitrogen and oxygen atoms in total. The number of rotatable bonds is 1. The molecule has 0 amide bonds. The fraction of sp³-hybridized carbons (Fsp3) is 0.600. The predicted octanol–water partition coefficient (Wildman–Crippen LogP) is 2.49.